The molecule has 0 atom stereocenters. The van der Waals surface area contributed by atoms with Crippen molar-refractivity contribution in [2.75, 3.05) is 70.5 Å². The van der Waals surface area contributed by atoms with Gasteiger partial charge in [0.25, 0.3) is 6.43 Å². The summed E-state index contributed by atoms with van der Waals surface area (Å²) in [6.07, 6.45) is 8.41. The van der Waals surface area contributed by atoms with Crippen molar-refractivity contribution in [1.82, 2.24) is 29.8 Å². The van der Waals surface area contributed by atoms with E-state index in [9.17, 15) is 13.6 Å². The third-order valence-electron chi connectivity index (χ3n) is 10.1. The zero-order chi connectivity index (χ0) is 38.4. The number of amides is 1. The summed E-state index contributed by atoms with van der Waals surface area (Å²) >= 11 is 0. The molecule has 1 fully saturated rings. The number of fused-ring (bicyclic) bond motifs is 2. The van der Waals surface area contributed by atoms with E-state index in [1.54, 1.807) is 23.2 Å². The number of aromatic nitrogens is 2. The molecule has 4 aliphatic heterocycles. The monoisotopic (exact) mass is 748 g/mol. The van der Waals surface area contributed by atoms with E-state index in [2.05, 4.69) is 38.1 Å². The number of halogens is 2. The van der Waals surface area contributed by atoms with Gasteiger partial charge in [-0.1, -0.05) is 12.7 Å². The van der Waals surface area contributed by atoms with E-state index < -0.39 is 18.1 Å². The highest BCUT2D eigenvalue weighted by atomic mass is 19.3. The number of hydrogen-bond acceptors (Lipinski definition) is 10. The van der Waals surface area contributed by atoms with E-state index in [4.69, 9.17) is 19.3 Å². The number of carbonyl (C=O) groups excluding carboxylic acids is 1. The minimum Gasteiger partial charge on any atom is -0.490 e. The molecule has 1 amide bonds. The molecule has 54 heavy (non-hydrogen) atoms. The maximum absolute atomic E-state index is 15.0. The first-order valence-electron chi connectivity index (χ1n) is 18.8. The first-order valence-corrected chi connectivity index (χ1v) is 18.8. The minimum absolute atomic E-state index is 0.0563. The van der Waals surface area contributed by atoms with Crippen molar-refractivity contribution in [3.63, 3.8) is 0 Å². The Bertz CT molecular complexity index is 1780. The summed E-state index contributed by atoms with van der Waals surface area (Å²) in [5.41, 5.74) is 4.36. The Morgan fingerprint density at radius 1 is 1.20 bits per heavy atom. The molecular formula is C40H54F2N8O4. The van der Waals surface area contributed by atoms with Gasteiger partial charge in [-0.05, 0) is 76.6 Å². The van der Waals surface area contributed by atoms with Crippen molar-refractivity contribution in [2.24, 2.45) is 4.99 Å². The number of allylic oxidation sites excluding steroid dienone is 3. The molecule has 14 heteroatoms. The van der Waals surface area contributed by atoms with E-state index in [1.165, 1.54) is 11.9 Å². The van der Waals surface area contributed by atoms with Crippen LogP contribution >= 0.6 is 0 Å². The predicted octanol–water partition coefficient (Wildman–Crippen LogP) is 6.81. The van der Waals surface area contributed by atoms with Crippen LogP contribution < -0.4 is 15.0 Å². The van der Waals surface area contributed by atoms with Gasteiger partial charge in [-0.3, -0.25) is 9.67 Å². The molecule has 12 nitrogen and oxygen atoms in total. The van der Waals surface area contributed by atoms with E-state index in [0.29, 0.717) is 88.2 Å². The third kappa shape index (κ3) is 9.08. The summed E-state index contributed by atoms with van der Waals surface area (Å²) in [6.45, 7) is 21.3. The topological polar surface area (TPSA) is 99.9 Å². The van der Waals surface area contributed by atoms with Gasteiger partial charge in [0.05, 0.1) is 18.3 Å². The smallest absolute Gasteiger partial charge is 0.410 e. The molecule has 1 N–H and O–H groups in total. The van der Waals surface area contributed by atoms with E-state index in [-0.39, 0.29) is 11.6 Å². The summed E-state index contributed by atoms with van der Waals surface area (Å²) in [6, 6.07) is 3.58. The standard InChI is InChI=1S/C40H54F2N8O4/c1-28(2)48-17-9-34-33(27-48)38(45-50(34)30-10-22-52-23-11-30)49-21-24-53-36-26-31(32(37(41)42)25-35(36)49)29-7-15-46(16-8-29)19-20-47(18-14-44-13-12-43-6)39(51)54-40(3,4)5/h7-8,12-13,15,25-26,30,37,44H,1,6,9-11,14,16-24,27H2,2-5H3/b13-12+. The molecule has 0 spiro atoms. The fourth-order valence-electron chi connectivity index (χ4n) is 7.29. The highest BCUT2D eigenvalue weighted by molar-refractivity contribution is 5.82. The van der Waals surface area contributed by atoms with Gasteiger partial charge in [0, 0.05) is 107 Å². The molecule has 0 aliphatic carbocycles. The van der Waals surface area contributed by atoms with Crippen LogP contribution in [0, 0.1) is 0 Å². The molecule has 0 saturated carbocycles. The van der Waals surface area contributed by atoms with Crippen molar-refractivity contribution >= 4 is 29.9 Å². The van der Waals surface area contributed by atoms with Gasteiger partial charge < -0.3 is 39.1 Å². The lowest BCUT2D eigenvalue weighted by Crippen LogP contribution is -2.43. The number of nitrogens with one attached hydrogen (secondary N) is 1. The normalized spacial score (nSPS) is 17.6. The Kier molecular flexibility index (Phi) is 12.3. The number of rotatable bonds is 13. The summed E-state index contributed by atoms with van der Waals surface area (Å²) < 4.78 is 49.6. The Balaban J connectivity index is 1.22. The SMILES string of the molecule is C=N/C=C/NCCN(CCN1C=CC(c2cc3c(cc2C(F)F)N(c2nn(C4CCOCC4)c4c2CN(C(=C)C)CC4)CCO3)=CC1)C(=O)OC(C)(C)C. The predicted molar refractivity (Wildman–Crippen MR) is 207 cm³/mol. The number of nitrogens with zero attached hydrogens (tertiary/aromatic N) is 7. The molecule has 292 valence electrons. The van der Waals surface area contributed by atoms with Gasteiger partial charge in [-0.2, -0.15) is 5.10 Å². The van der Waals surface area contributed by atoms with Gasteiger partial charge in [-0.15, -0.1) is 0 Å². The molecule has 0 radical (unpaired) electrons. The number of carbonyl (C=O) groups is 1. The van der Waals surface area contributed by atoms with E-state index in [1.807, 2.05) is 50.9 Å². The largest absolute Gasteiger partial charge is 0.490 e. The van der Waals surface area contributed by atoms with E-state index in [0.717, 1.165) is 42.9 Å². The Hall–Kier alpha value is -4.85. The molecule has 1 aromatic carbocycles. The average Bonchev–Trinajstić information content (AvgIpc) is 3.53. The number of aliphatic imine (C=N–C) groups is 1. The first kappa shape index (κ1) is 38.9. The minimum atomic E-state index is -2.71. The molecule has 1 saturated heterocycles. The molecule has 5 heterocycles. The van der Waals surface area contributed by atoms with Crippen molar-refractivity contribution in [3.05, 3.63) is 77.5 Å². The lowest BCUT2D eigenvalue weighted by atomic mass is 9.96. The number of anilines is 2. The third-order valence-corrected chi connectivity index (χ3v) is 10.1. The van der Waals surface area contributed by atoms with Crippen molar-refractivity contribution < 1.29 is 27.8 Å². The fraction of sp³-hybridized carbons (Fsp3) is 0.525. The van der Waals surface area contributed by atoms with Gasteiger partial charge in [0.2, 0.25) is 0 Å². The molecular weight excluding hydrogens is 694 g/mol. The molecule has 4 aliphatic rings. The number of ether oxygens (including phenoxy) is 3. The van der Waals surface area contributed by atoms with Crippen LogP contribution in [0.5, 0.6) is 5.75 Å². The molecule has 1 aromatic heterocycles. The Morgan fingerprint density at radius 2 is 2.00 bits per heavy atom. The summed E-state index contributed by atoms with van der Waals surface area (Å²) in [4.78, 5) is 24.7. The second-order valence-corrected chi connectivity index (χ2v) is 15.0. The highest BCUT2D eigenvalue weighted by Gasteiger charge is 2.34. The molecule has 2 aromatic rings. The lowest BCUT2D eigenvalue weighted by Gasteiger charge is -2.34. The van der Waals surface area contributed by atoms with Crippen LogP contribution in [0.25, 0.3) is 5.57 Å². The van der Waals surface area contributed by atoms with Crippen molar-refractivity contribution in [2.45, 2.75) is 71.6 Å². The summed E-state index contributed by atoms with van der Waals surface area (Å²) in [7, 11) is 0. The lowest BCUT2D eigenvalue weighted by molar-refractivity contribution is 0.0244. The fourth-order valence-corrected chi connectivity index (χ4v) is 7.29. The van der Waals surface area contributed by atoms with Gasteiger partial charge in [-0.25, -0.2) is 13.6 Å². The van der Waals surface area contributed by atoms with Crippen LogP contribution in [-0.4, -0.2) is 109 Å². The van der Waals surface area contributed by atoms with Crippen LogP contribution in [0.15, 0.2) is 60.2 Å². The highest BCUT2D eigenvalue weighted by Crippen LogP contribution is 2.45. The van der Waals surface area contributed by atoms with Crippen LogP contribution in [0.1, 0.15) is 75.4 Å². The summed E-state index contributed by atoms with van der Waals surface area (Å²) in [5.74, 6) is 1.36. The van der Waals surface area contributed by atoms with Crippen molar-refractivity contribution in [3.8, 4) is 5.75 Å². The second-order valence-electron chi connectivity index (χ2n) is 15.0. The Morgan fingerprint density at radius 3 is 2.69 bits per heavy atom. The summed E-state index contributed by atoms with van der Waals surface area (Å²) in [5, 5.41) is 8.32. The number of benzene rings is 1. The van der Waals surface area contributed by atoms with Gasteiger partial charge >= 0.3 is 6.09 Å². The molecule has 0 unspecified atom stereocenters. The second kappa shape index (κ2) is 17.1. The first-order chi connectivity index (χ1) is 25.9. The maximum Gasteiger partial charge on any atom is 0.410 e. The van der Waals surface area contributed by atoms with Gasteiger partial charge in [0.1, 0.15) is 18.0 Å². The zero-order valence-corrected chi connectivity index (χ0v) is 32.0. The van der Waals surface area contributed by atoms with Crippen LogP contribution in [0.2, 0.25) is 0 Å². The van der Waals surface area contributed by atoms with Gasteiger partial charge in [0.15, 0.2) is 5.82 Å². The average molecular weight is 749 g/mol. The van der Waals surface area contributed by atoms with Crippen LogP contribution in [0.3, 0.4) is 0 Å². The zero-order valence-electron chi connectivity index (χ0n) is 32.0. The molecule has 6 rings (SSSR count). The maximum atomic E-state index is 15.0. The van der Waals surface area contributed by atoms with Crippen molar-refractivity contribution in [1.29, 1.82) is 0 Å². The number of hydrogen-bond donors (Lipinski definition) is 1. The molecule has 0 bridgehead atoms. The number of alkyl halides is 2. The Labute approximate surface area is 317 Å². The quantitative estimate of drug-likeness (QED) is 0.175. The van der Waals surface area contributed by atoms with E-state index >= 15 is 0 Å². The van der Waals surface area contributed by atoms with Crippen LogP contribution in [0.4, 0.5) is 25.1 Å². The van der Waals surface area contributed by atoms with Crippen LogP contribution in [-0.2, 0) is 22.4 Å².